The van der Waals surface area contributed by atoms with Gasteiger partial charge in [0.25, 0.3) is 0 Å². The fourth-order valence-corrected chi connectivity index (χ4v) is 2.14. The van der Waals surface area contributed by atoms with Crippen molar-refractivity contribution in [3.05, 3.63) is 29.3 Å². The van der Waals surface area contributed by atoms with Gasteiger partial charge in [0.15, 0.2) is 0 Å². The highest BCUT2D eigenvalue weighted by molar-refractivity contribution is 9.10. The van der Waals surface area contributed by atoms with Gasteiger partial charge in [-0.15, -0.1) is 0 Å². The maximum absolute atomic E-state index is 4.21. The van der Waals surface area contributed by atoms with Crippen molar-refractivity contribution in [3.8, 4) is 0 Å². The van der Waals surface area contributed by atoms with Crippen molar-refractivity contribution in [2.24, 2.45) is 0 Å². The van der Waals surface area contributed by atoms with Crippen LogP contribution >= 0.6 is 15.9 Å². The molecule has 2 rings (SSSR count). The summed E-state index contributed by atoms with van der Waals surface area (Å²) in [5, 5.41) is 0. The second-order valence-electron chi connectivity index (χ2n) is 3.39. The normalized spacial score (nSPS) is 10.9. The number of halogens is 1. The molecule has 0 radical (unpaired) electrons. The summed E-state index contributed by atoms with van der Waals surface area (Å²) >= 11 is 3.44. The summed E-state index contributed by atoms with van der Waals surface area (Å²) in [7, 11) is 0. The quantitative estimate of drug-likeness (QED) is 0.853. The van der Waals surface area contributed by atoms with Crippen LogP contribution in [0.4, 0.5) is 5.69 Å². The first-order valence-corrected chi connectivity index (χ1v) is 5.92. The Bertz CT molecular complexity index is 460. The third kappa shape index (κ3) is 1.86. The van der Waals surface area contributed by atoms with Crippen LogP contribution in [0.2, 0.25) is 0 Å². The van der Waals surface area contributed by atoms with Crippen molar-refractivity contribution in [2.75, 3.05) is 18.0 Å². The van der Waals surface area contributed by atoms with E-state index >= 15 is 0 Å². The van der Waals surface area contributed by atoms with E-state index in [0.717, 1.165) is 23.2 Å². The lowest BCUT2D eigenvalue weighted by Crippen LogP contribution is -2.21. The van der Waals surface area contributed by atoms with E-state index in [1.54, 1.807) is 0 Å². The second-order valence-corrected chi connectivity index (χ2v) is 4.14. The lowest BCUT2D eigenvalue weighted by atomic mass is 10.3. The molecule has 0 aliphatic carbocycles. The minimum atomic E-state index is 0.900. The van der Waals surface area contributed by atoms with E-state index in [-0.39, 0.29) is 0 Å². The van der Waals surface area contributed by atoms with Crippen molar-refractivity contribution in [1.82, 2.24) is 9.38 Å². The lowest BCUT2D eigenvalue weighted by Gasteiger charge is -2.20. The molecule has 0 spiro atoms. The van der Waals surface area contributed by atoms with Crippen molar-refractivity contribution in [1.29, 1.82) is 0 Å². The summed E-state index contributed by atoms with van der Waals surface area (Å²) in [6, 6.07) is 4.28. The molecule has 0 aliphatic heterocycles. The van der Waals surface area contributed by atoms with Crippen LogP contribution in [0.25, 0.3) is 5.52 Å². The fourth-order valence-electron chi connectivity index (χ4n) is 1.73. The summed E-state index contributed by atoms with van der Waals surface area (Å²) in [6.07, 6.45) is 3.85. The SMILES string of the molecule is CCN(CC)c1ccn2cnc(Br)c2c1. The molecule has 0 N–H and O–H groups in total. The van der Waals surface area contributed by atoms with E-state index in [4.69, 9.17) is 0 Å². The van der Waals surface area contributed by atoms with Gasteiger partial charge in [0.05, 0.1) is 5.52 Å². The Morgan fingerprint density at radius 3 is 2.80 bits per heavy atom. The van der Waals surface area contributed by atoms with Crippen LogP contribution in [0.15, 0.2) is 29.3 Å². The maximum atomic E-state index is 4.21. The highest BCUT2D eigenvalue weighted by Gasteiger charge is 2.05. The molecule has 15 heavy (non-hydrogen) atoms. The van der Waals surface area contributed by atoms with Crippen LogP contribution in [0.1, 0.15) is 13.8 Å². The summed E-state index contributed by atoms with van der Waals surface area (Å²) in [6.45, 7) is 6.38. The molecule has 0 amide bonds. The second kappa shape index (κ2) is 4.23. The molecular formula is C11H14BrN3. The summed E-state index contributed by atoms with van der Waals surface area (Å²) < 4.78 is 2.91. The van der Waals surface area contributed by atoms with E-state index in [1.807, 2.05) is 16.9 Å². The Morgan fingerprint density at radius 1 is 1.40 bits per heavy atom. The number of hydrogen-bond acceptors (Lipinski definition) is 2. The zero-order valence-electron chi connectivity index (χ0n) is 8.94. The number of nitrogens with zero attached hydrogens (tertiary/aromatic N) is 3. The molecule has 0 aliphatic rings. The highest BCUT2D eigenvalue weighted by atomic mass is 79.9. The zero-order valence-corrected chi connectivity index (χ0v) is 10.5. The Kier molecular flexibility index (Phi) is 2.95. The molecule has 0 saturated carbocycles. The Labute approximate surface area is 97.9 Å². The van der Waals surface area contributed by atoms with E-state index < -0.39 is 0 Å². The molecule has 80 valence electrons. The van der Waals surface area contributed by atoms with Crippen molar-refractivity contribution in [2.45, 2.75) is 13.8 Å². The highest BCUT2D eigenvalue weighted by Crippen LogP contribution is 2.21. The first kappa shape index (κ1) is 10.5. The van der Waals surface area contributed by atoms with Gasteiger partial charge >= 0.3 is 0 Å². The molecule has 0 bridgehead atoms. The molecular weight excluding hydrogens is 254 g/mol. The van der Waals surface area contributed by atoms with Crippen molar-refractivity contribution < 1.29 is 0 Å². The molecule has 0 saturated heterocycles. The average Bonchev–Trinajstić information content (AvgIpc) is 2.62. The average molecular weight is 268 g/mol. The third-order valence-electron chi connectivity index (χ3n) is 2.60. The van der Waals surface area contributed by atoms with E-state index in [1.165, 1.54) is 5.69 Å². The van der Waals surface area contributed by atoms with E-state index in [9.17, 15) is 0 Å². The summed E-state index contributed by atoms with van der Waals surface area (Å²) in [5.74, 6) is 0. The van der Waals surface area contributed by atoms with Crippen LogP contribution in [-0.2, 0) is 0 Å². The topological polar surface area (TPSA) is 20.5 Å². The third-order valence-corrected chi connectivity index (χ3v) is 3.22. The number of rotatable bonds is 3. The number of hydrogen-bond donors (Lipinski definition) is 0. The monoisotopic (exact) mass is 267 g/mol. The first-order valence-electron chi connectivity index (χ1n) is 5.13. The molecule has 2 aromatic rings. The lowest BCUT2D eigenvalue weighted by molar-refractivity contribution is 0.865. The van der Waals surface area contributed by atoms with Gasteiger partial charge in [0.1, 0.15) is 10.9 Å². The number of aromatic nitrogens is 2. The zero-order chi connectivity index (χ0) is 10.8. The van der Waals surface area contributed by atoms with Crippen LogP contribution < -0.4 is 4.90 Å². The van der Waals surface area contributed by atoms with Gasteiger partial charge < -0.3 is 9.30 Å². The molecule has 4 heteroatoms. The predicted octanol–water partition coefficient (Wildman–Crippen LogP) is 2.94. The van der Waals surface area contributed by atoms with Crippen LogP contribution in [0, 0.1) is 0 Å². The van der Waals surface area contributed by atoms with Gasteiger partial charge in [0, 0.05) is 25.0 Å². The van der Waals surface area contributed by atoms with Crippen molar-refractivity contribution in [3.63, 3.8) is 0 Å². The van der Waals surface area contributed by atoms with Gasteiger partial charge in [-0.05, 0) is 41.9 Å². The van der Waals surface area contributed by atoms with E-state index in [2.05, 4.69) is 51.8 Å². The number of anilines is 1. The summed E-state index contributed by atoms with van der Waals surface area (Å²) in [4.78, 5) is 6.53. The maximum Gasteiger partial charge on any atom is 0.131 e. The minimum Gasteiger partial charge on any atom is -0.372 e. The van der Waals surface area contributed by atoms with Crippen LogP contribution in [0.3, 0.4) is 0 Å². The van der Waals surface area contributed by atoms with Gasteiger partial charge in [-0.2, -0.15) is 0 Å². The minimum absolute atomic E-state index is 0.900. The Hall–Kier alpha value is -1.03. The van der Waals surface area contributed by atoms with E-state index in [0.29, 0.717) is 0 Å². The smallest absolute Gasteiger partial charge is 0.131 e. The van der Waals surface area contributed by atoms with Crippen LogP contribution in [0.5, 0.6) is 0 Å². The largest absolute Gasteiger partial charge is 0.372 e. The molecule has 2 heterocycles. The molecule has 3 nitrogen and oxygen atoms in total. The molecule has 0 atom stereocenters. The number of fused-ring (bicyclic) bond motifs is 1. The molecule has 2 aromatic heterocycles. The molecule has 0 aromatic carbocycles. The van der Waals surface area contributed by atoms with Gasteiger partial charge in [0.2, 0.25) is 0 Å². The Balaban J connectivity index is 2.49. The standard InChI is InChI=1S/C11H14BrN3/c1-3-14(4-2)9-5-6-15-8-13-11(12)10(15)7-9/h5-8H,3-4H2,1-2H3. The van der Waals surface area contributed by atoms with Crippen molar-refractivity contribution >= 4 is 27.1 Å². The summed E-state index contributed by atoms with van der Waals surface area (Å²) in [5.41, 5.74) is 2.35. The fraction of sp³-hybridized carbons (Fsp3) is 0.364. The number of imidazole rings is 1. The molecule has 0 unspecified atom stereocenters. The number of pyridine rings is 1. The van der Waals surface area contributed by atoms with Gasteiger partial charge in [-0.3, -0.25) is 0 Å². The Morgan fingerprint density at radius 2 is 2.13 bits per heavy atom. The van der Waals surface area contributed by atoms with Crippen LogP contribution in [-0.4, -0.2) is 22.5 Å². The van der Waals surface area contributed by atoms with Gasteiger partial charge in [-0.25, -0.2) is 4.98 Å². The molecule has 0 fully saturated rings. The predicted molar refractivity (Wildman–Crippen MR) is 66.5 cm³/mol. The first-order chi connectivity index (χ1) is 7.26. The van der Waals surface area contributed by atoms with Gasteiger partial charge in [-0.1, -0.05) is 0 Å².